The maximum absolute atomic E-state index is 12.3. The van der Waals surface area contributed by atoms with Gasteiger partial charge in [-0.1, -0.05) is 30.5 Å². The lowest BCUT2D eigenvalue weighted by Gasteiger charge is -2.27. The number of hydrogen-bond donors (Lipinski definition) is 1. The lowest BCUT2D eigenvalue weighted by molar-refractivity contribution is 0.133. The quantitative estimate of drug-likeness (QED) is 0.879. The minimum atomic E-state index is -3.38. The highest BCUT2D eigenvalue weighted by atomic mass is 32.2. The SMILES string of the molecule is Cc1ccc(S(=O)(=O)[C@H]2CCCC[C@H]2O)cc1. The summed E-state index contributed by atoms with van der Waals surface area (Å²) in [6, 6.07) is 6.85. The Balaban J connectivity index is 2.32. The van der Waals surface area contributed by atoms with Crippen molar-refractivity contribution in [3.63, 3.8) is 0 Å². The topological polar surface area (TPSA) is 54.4 Å². The highest BCUT2D eigenvalue weighted by Crippen LogP contribution is 2.29. The molecule has 0 aliphatic heterocycles. The van der Waals surface area contributed by atoms with Gasteiger partial charge in [-0.2, -0.15) is 0 Å². The fourth-order valence-corrected chi connectivity index (χ4v) is 4.23. The maximum Gasteiger partial charge on any atom is 0.183 e. The Morgan fingerprint density at radius 1 is 1.12 bits per heavy atom. The highest BCUT2D eigenvalue weighted by Gasteiger charge is 2.35. The summed E-state index contributed by atoms with van der Waals surface area (Å²) in [5.74, 6) is 0. The molecule has 2 atom stereocenters. The van der Waals surface area contributed by atoms with E-state index in [2.05, 4.69) is 0 Å². The van der Waals surface area contributed by atoms with E-state index in [1.54, 1.807) is 24.3 Å². The summed E-state index contributed by atoms with van der Waals surface area (Å²) in [5.41, 5.74) is 1.04. The molecule has 1 aliphatic rings. The van der Waals surface area contributed by atoms with Crippen LogP contribution in [-0.4, -0.2) is 24.9 Å². The second-order valence-corrected chi connectivity index (χ2v) is 6.92. The molecule has 2 rings (SSSR count). The molecule has 1 N–H and O–H groups in total. The Morgan fingerprint density at radius 2 is 1.71 bits per heavy atom. The number of benzene rings is 1. The van der Waals surface area contributed by atoms with Crippen molar-refractivity contribution in [2.24, 2.45) is 0 Å². The van der Waals surface area contributed by atoms with Gasteiger partial charge in [0.25, 0.3) is 0 Å². The first kappa shape index (κ1) is 12.6. The molecule has 0 heterocycles. The van der Waals surface area contributed by atoms with Crippen LogP contribution in [0.15, 0.2) is 29.2 Å². The van der Waals surface area contributed by atoms with Gasteiger partial charge in [-0.15, -0.1) is 0 Å². The van der Waals surface area contributed by atoms with Crippen LogP contribution in [0.1, 0.15) is 31.2 Å². The number of rotatable bonds is 2. The number of aliphatic hydroxyl groups excluding tert-OH is 1. The summed E-state index contributed by atoms with van der Waals surface area (Å²) in [4.78, 5) is 0.328. The van der Waals surface area contributed by atoms with Gasteiger partial charge in [0.15, 0.2) is 9.84 Å². The van der Waals surface area contributed by atoms with Crippen LogP contribution in [0.5, 0.6) is 0 Å². The molecule has 0 unspecified atom stereocenters. The van der Waals surface area contributed by atoms with E-state index >= 15 is 0 Å². The average Bonchev–Trinajstić information content (AvgIpc) is 2.30. The third-order valence-electron chi connectivity index (χ3n) is 3.42. The van der Waals surface area contributed by atoms with Gasteiger partial charge < -0.3 is 5.11 Å². The first-order chi connectivity index (χ1) is 8.01. The standard InChI is InChI=1S/C13H18O3S/c1-10-6-8-11(9-7-10)17(15,16)13-5-3-2-4-12(13)14/h6-9,12-14H,2-5H2,1H3/t12-,13+/m1/s1. The zero-order valence-electron chi connectivity index (χ0n) is 9.96. The Hall–Kier alpha value is -0.870. The summed E-state index contributed by atoms with van der Waals surface area (Å²) in [7, 11) is -3.38. The van der Waals surface area contributed by atoms with Crippen molar-refractivity contribution in [3.8, 4) is 0 Å². The van der Waals surface area contributed by atoms with Crippen molar-refractivity contribution in [2.45, 2.75) is 48.9 Å². The van der Waals surface area contributed by atoms with Crippen molar-refractivity contribution in [3.05, 3.63) is 29.8 Å². The number of aliphatic hydroxyl groups is 1. The third-order valence-corrected chi connectivity index (χ3v) is 5.69. The lowest BCUT2D eigenvalue weighted by atomic mass is 9.97. The molecule has 1 aliphatic carbocycles. The van der Waals surface area contributed by atoms with Gasteiger partial charge in [-0.3, -0.25) is 0 Å². The van der Waals surface area contributed by atoms with Crippen LogP contribution < -0.4 is 0 Å². The van der Waals surface area contributed by atoms with Crippen LogP contribution in [0, 0.1) is 6.92 Å². The van der Waals surface area contributed by atoms with E-state index < -0.39 is 21.2 Å². The minimum absolute atomic E-state index is 0.328. The summed E-state index contributed by atoms with van der Waals surface area (Å²) >= 11 is 0. The maximum atomic E-state index is 12.3. The van der Waals surface area contributed by atoms with Crippen molar-refractivity contribution < 1.29 is 13.5 Å². The first-order valence-electron chi connectivity index (χ1n) is 6.00. The molecule has 1 saturated carbocycles. The Bertz CT molecular complexity index is 476. The lowest BCUT2D eigenvalue weighted by Crippen LogP contribution is -2.36. The van der Waals surface area contributed by atoms with Gasteiger partial charge in [0.1, 0.15) is 0 Å². The molecule has 3 nitrogen and oxygen atoms in total. The van der Waals surface area contributed by atoms with Crippen molar-refractivity contribution in [2.75, 3.05) is 0 Å². The van der Waals surface area contributed by atoms with E-state index in [4.69, 9.17) is 0 Å². The zero-order valence-corrected chi connectivity index (χ0v) is 10.8. The Kier molecular flexibility index (Phi) is 3.54. The second-order valence-electron chi connectivity index (χ2n) is 4.75. The normalized spacial score (nSPS) is 25.8. The van der Waals surface area contributed by atoms with Crippen LogP contribution in [0.25, 0.3) is 0 Å². The molecular weight excluding hydrogens is 236 g/mol. The predicted molar refractivity (Wildman–Crippen MR) is 66.6 cm³/mol. The van der Waals surface area contributed by atoms with Gasteiger partial charge >= 0.3 is 0 Å². The minimum Gasteiger partial charge on any atom is -0.392 e. The van der Waals surface area contributed by atoms with Crippen LogP contribution in [-0.2, 0) is 9.84 Å². The van der Waals surface area contributed by atoms with Crippen LogP contribution in [0.2, 0.25) is 0 Å². The first-order valence-corrected chi connectivity index (χ1v) is 7.55. The second kappa shape index (κ2) is 4.78. The summed E-state index contributed by atoms with van der Waals surface area (Å²) in [6.45, 7) is 1.92. The molecule has 0 aromatic heterocycles. The molecule has 1 fully saturated rings. The molecule has 0 spiro atoms. The van der Waals surface area contributed by atoms with E-state index in [1.807, 2.05) is 6.92 Å². The van der Waals surface area contributed by atoms with Gasteiger partial charge in [0.2, 0.25) is 0 Å². The van der Waals surface area contributed by atoms with Gasteiger partial charge in [0, 0.05) is 0 Å². The number of hydrogen-bond acceptors (Lipinski definition) is 3. The monoisotopic (exact) mass is 254 g/mol. The van der Waals surface area contributed by atoms with E-state index in [1.165, 1.54) is 0 Å². The largest absolute Gasteiger partial charge is 0.392 e. The summed E-state index contributed by atoms with van der Waals surface area (Å²) < 4.78 is 24.7. The molecule has 0 bridgehead atoms. The van der Waals surface area contributed by atoms with Crippen LogP contribution in [0.3, 0.4) is 0 Å². The molecule has 1 aromatic carbocycles. The van der Waals surface area contributed by atoms with Crippen molar-refractivity contribution >= 4 is 9.84 Å². The molecule has 0 radical (unpaired) electrons. The van der Waals surface area contributed by atoms with E-state index in [-0.39, 0.29) is 0 Å². The molecule has 0 amide bonds. The van der Waals surface area contributed by atoms with Gasteiger partial charge in [-0.05, 0) is 31.9 Å². The summed E-state index contributed by atoms with van der Waals surface area (Å²) in [6.07, 6.45) is 2.25. The Morgan fingerprint density at radius 3 is 2.29 bits per heavy atom. The molecule has 17 heavy (non-hydrogen) atoms. The molecule has 1 aromatic rings. The van der Waals surface area contributed by atoms with E-state index in [9.17, 15) is 13.5 Å². The van der Waals surface area contributed by atoms with Crippen LogP contribution >= 0.6 is 0 Å². The number of sulfone groups is 1. The molecule has 4 heteroatoms. The fourth-order valence-electron chi connectivity index (χ4n) is 2.34. The third kappa shape index (κ3) is 2.53. The molecule has 94 valence electrons. The fraction of sp³-hybridized carbons (Fsp3) is 0.538. The molecule has 0 saturated heterocycles. The van der Waals surface area contributed by atoms with Gasteiger partial charge in [0.05, 0.1) is 16.2 Å². The average molecular weight is 254 g/mol. The zero-order chi connectivity index (χ0) is 12.5. The van der Waals surface area contributed by atoms with Crippen molar-refractivity contribution in [1.29, 1.82) is 0 Å². The van der Waals surface area contributed by atoms with Gasteiger partial charge in [-0.25, -0.2) is 8.42 Å². The predicted octanol–water partition coefficient (Wildman–Crippen LogP) is 2.07. The smallest absolute Gasteiger partial charge is 0.183 e. The number of aryl methyl sites for hydroxylation is 1. The summed E-state index contributed by atoms with van der Waals surface area (Å²) in [5, 5.41) is 9.22. The highest BCUT2D eigenvalue weighted by molar-refractivity contribution is 7.92. The van der Waals surface area contributed by atoms with Crippen molar-refractivity contribution in [1.82, 2.24) is 0 Å². The van der Waals surface area contributed by atoms with E-state index in [0.717, 1.165) is 18.4 Å². The molecular formula is C13H18O3S. The van der Waals surface area contributed by atoms with Crippen LogP contribution in [0.4, 0.5) is 0 Å². The van der Waals surface area contributed by atoms with E-state index in [0.29, 0.717) is 17.7 Å². The Labute approximate surface area is 102 Å².